The monoisotopic (exact) mass is 419 g/mol. The number of benzene rings is 2. The van der Waals surface area contributed by atoms with E-state index in [0.717, 1.165) is 40.9 Å². The first kappa shape index (κ1) is 20.3. The van der Waals surface area contributed by atoms with Gasteiger partial charge in [-0.25, -0.2) is 4.79 Å². The lowest BCUT2D eigenvalue weighted by Gasteiger charge is -2.14. The Balaban J connectivity index is 1.84. The standard InChI is InChI=1S/C21H26BrNO3/c1-14-9-15(2)11-17(10-14)26-8-6-5-7-23-20-18(21(24)25-4)12-16(3)13-19(20)22/h9-13,23H,5-8H2,1-4H3. The van der Waals surface area contributed by atoms with Crippen LogP contribution in [-0.4, -0.2) is 26.2 Å². The zero-order valence-electron chi connectivity index (χ0n) is 15.8. The average molecular weight is 420 g/mol. The molecule has 26 heavy (non-hydrogen) atoms. The molecule has 0 aliphatic carbocycles. The van der Waals surface area contributed by atoms with Crippen molar-refractivity contribution < 1.29 is 14.3 Å². The summed E-state index contributed by atoms with van der Waals surface area (Å²) < 4.78 is 11.6. The summed E-state index contributed by atoms with van der Waals surface area (Å²) in [5.41, 5.74) is 4.75. The van der Waals surface area contributed by atoms with Crippen LogP contribution in [-0.2, 0) is 4.74 Å². The zero-order chi connectivity index (χ0) is 19.1. The quantitative estimate of drug-likeness (QED) is 0.457. The number of carbonyl (C=O) groups excluding carboxylic acids is 1. The molecule has 2 aromatic carbocycles. The Morgan fingerprint density at radius 3 is 2.31 bits per heavy atom. The van der Waals surface area contributed by atoms with E-state index in [4.69, 9.17) is 9.47 Å². The fourth-order valence-electron chi connectivity index (χ4n) is 2.84. The summed E-state index contributed by atoms with van der Waals surface area (Å²) in [6.45, 7) is 7.51. The van der Waals surface area contributed by atoms with E-state index < -0.39 is 0 Å². The third-order valence-corrected chi connectivity index (χ3v) is 4.60. The van der Waals surface area contributed by atoms with Crippen molar-refractivity contribution >= 4 is 27.6 Å². The molecule has 0 saturated carbocycles. The Hall–Kier alpha value is -2.01. The molecule has 0 fully saturated rings. The first-order valence-electron chi connectivity index (χ1n) is 8.74. The average Bonchev–Trinajstić information content (AvgIpc) is 2.57. The van der Waals surface area contributed by atoms with Gasteiger partial charge >= 0.3 is 5.97 Å². The number of carbonyl (C=O) groups is 1. The molecule has 0 aliphatic rings. The third kappa shape index (κ3) is 5.77. The van der Waals surface area contributed by atoms with Gasteiger partial charge < -0.3 is 14.8 Å². The molecule has 0 aliphatic heterocycles. The smallest absolute Gasteiger partial charge is 0.340 e. The van der Waals surface area contributed by atoms with Crippen molar-refractivity contribution in [2.24, 2.45) is 0 Å². The van der Waals surface area contributed by atoms with Crippen LogP contribution in [0.5, 0.6) is 5.75 Å². The second-order valence-corrected chi connectivity index (χ2v) is 7.32. The highest BCUT2D eigenvalue weighted by Gasteiger charge is 2.15. The molecule has 2 aromatic rings. The highest BCUT2D eigenvalue weighted by atomic mass is 79.9. The van der Waals surface area contributed by atoms with Crippen LogP contribution in [0.1, 0.15) is 39.9 Å². The van der Waals surface area contributed by atoms with Gasteiger partial charge in [0.25, 0.3) is 0 Å². The normalized spacial score (nSPS) is 10.5. The molecule has 0 atom stereocenters. The molecular formula is C21H26BrNO3. The number of hydrogen-bond acceptors (Lipinski definition) is 4. The van der Waals surface area contributed by atoms with E-state index in [-0.39, 0.29) is 5.97 Å². The number of rotatable bonds is 8. The fraction of sp³-hybridized carbons (Fsp3) is 0.381. The first-order chi connectivity index (χ1) is 12.4. The van der Waals surface area contributed by atoms with Crippen molar-refractivity contribution in [3.8, 4) is 5.75 Å². The molecule has 0 aromatic heterocycles. The van der Waals surface area contributed by atoms with Crippen LogP contribution in [0.15, 0.2) is 34.8 Å². The predicted octanol–water partition coefficient (Wildman–Crippen LogP) is 5.43. The molecule has 5 heteroatoms. The van der Waals surface area contributed by atoms with Crippen molar-refractivity contribution in [1.29, 1.82) is 0 Å². The molecule has 0 bridgehead atoms. The number of halogens is 1. The zero-order valence-corrected chi connectivity index (χ0v) is 17.4. The van der Waals surface area contributed by atoms with Crippen molar-refractivity contribution in [3.05, 3.63) is 57.1 Å². The number of hydrogen-bond donors (Lipinski definition) is 1. The van der Waals surface area contributed by atoms with Gasteiger partial charge in [0.1, 0.15) is 5.75 Å². The molecule has 2 rings (SSSR count). The summed E-state index contributed by atoms with van der Waals surface area (Å²) >= 11 is 3.53. The fourth-order valence-corrected chi connectivity index (χ4v) is 3.55. The Labute approximate surface area is 164 Å². The Morgan fingerprint density at radius 1 is 1.00 bits per heavy atom. The summed E-state index contributed by atoms with van der Waals surface area (Å²) in [7, 11) is 1.40. The number of ether oxygens (including phenoxy) is 2. The number of unbranched alkanes of at least 4 members (excludes halogenated alkanes) is 1. The van der Waals surface area contributed by atoms with Crippen LogP contribution in [0.25, 0.3) is 0 Å². The Bertz CT molecular complexity index is 754. The van der Waals surface area contributed by atoms with E-state index in [2.05, 4.69) is 53.3 Å². The summed E-state index contributed by atoms with van der Waals surface area (Å²) in [5, 5.41) is 3.34. The SMILES string of the molecule is COC(=O)c1cc(C)cc(Br)c1NCCCCOc1cc(C)cc(C)c1. The molecule has 4 nitrogen and oxygen atoms in total. The number of methoxy groups -OCH3 is 1. The maximum Gasteiger partial charge on any atom is 0.340 e. The van der Waals surface area contributed by atoms with Crippen LogP contribution in [0.4, 0.5) is 5.69 Å². The van der Waals surface area contributed by atoms with Gasteiger partial charge in [-0.05, 0) is 90.5 Å². The van der Waals surface area contributed by atoms with Crippen LogP contribution in [0.2, 0.25) is 0 Å². The van der Waals surface area contributed by atoms with Gasteiger partial charge in [0, 0.05) is 11.0 Å². The van der Waals surface area contributed by atoms with Crippen molar-refractivity contribution in [3.63, 3.8) is 0 Å². The maximum atomic E-state index is 12.0. The summed E-state index contributed by atoms with van der Waals surface area (Å²) in [4.78, 5) is 12.0. The highest BCUT2D eigenvalue weighted by Crippen LogP contribution is 2.29. The topological polar surface area (TPSA) is 47.6 Å². The molecular weight excluding hydrogens is 394 g/mol. The van der Waals surface area contributed by atoms with Gasteiger partial charge in [0.05, 0.1) is 25.0 Å². The molecule has 140 valence electrons. The number of aryl methyl sites for hydroxylation is 3. The summed E-state index contributed by atoms with van der Waals surface area (Å²) in [6.07, 6.45) is 1.86. The van der Waals surface area contributed by atoms with Crippen LogP contribution in [0, 0.1) is 20.8 Å². The van der Waals surface area contributed by atoms with Crippen LogP contribution >= 0.6 is 15.9 Å². The second-order valence-electron chi connectivity index (χ2n) is 6.47. The van der Waals surface area contributed by atoms with Crippen molar-refractivity contribution in [2.75, 3.05) is 25.6 Å². The Morgan fingerprint density at radius 2 is 1.65 bits per heavy atom. The summed E-state index contributed by atoms with van der Waals surface area (Å²) in [6, 6.07) is 10.1. The van der Waals surface area contributed by atoms with Crippen molar-refractivity contribution in [1.82, 2.24) is 0 Å². The largest absolute Gasteiger partial charge is 0.494 e. The lowest BCUT2D eigenvalue weighted by molar-refractivity contribution is 0.0601. The highest BCUT2D eigenvalue weighted by molar-refractivity contribution is 9.10. The molecule has 0 saturated heterocycles. The van der Waals surface area contributed by atoms with Gasteiger partial charge in [-0.2, -0.15) is 0 Å². The van der Waals surface area contributed by atoms with Gasteiger partial charge in [-0.3, -0.25) is 0 Å². The van der Waals surface area contributed by atoms with Crippen LogP contribution in [0.3, 0.4) is 0 Å². The van der Waals surface area contributed by atoms with E-state index in [1.807, 2.05) is 19.1 Å². The van der Waals surface area contributed by atoms with E-state index in [1.165, 1.54) is 18.2 Å². The van der Waals surface area contributed by atoms with Crippen LogP contribution < -0.4 is 10.1 Å². The van der Waals surface area contributed by atoms with E-state index in [1.54, 1.807) is 0 Å². The van der Waals surface area contributed by atoms with Gasteiger partial charge in [0.15, 0.2) is 0 Å². The van der Waals surface area contributed by atoms with E-state index in [0.29, 0.717) is 12.2 Å². The molecule has 0 unspecified atom stereocenters. The molecule has 1 N–H and O–H groups in total. The minimum absolute atomic E-state index is 0.338. The lowest BCUT2D eigenvalue weighted by atomic mass is 10.1. The number of esters is 1. The first-order valence-corrected chi connectivity index (χ1v) is 9.53. The minimum Gasteiger partial charge on any atom is -0.494 e. The van der Waals surface area contributed by atoms with Crippen molar-refractivity contribution in [2.45, 2.75) is 33.6 Å². The molecule has 0 amide bonds. The van der Waals surface area contributed by atoms with Gasteiger partial charge in [-0.15, -0.1) is 0 Å². The molecule has 0 radical (unpaired) electrons. The van der Waals surface area contributed by atoms with E-state index >= 15 is 0 Å². The number of anilines is 1. The van der Waals surface area contributed by atoms with Gasteiger partial charge in [-0.1, -0.05) is 6.07 Å². The van der Waals surface area contributed by atoms with E-state index in [9.17, 15) is 4.79 Å². The third-order valence-electron chi connectivity index (χ3n) is 3.98. The second kappa shape index (κ2) is 9.62. The maximum absolute atomic E-state index is 12.0. The Kier molecular flexibility index (Phi) is 7.51. The number of nitrogens with one attached hydrogen (secondary N) is 1. The lowest BCUT2D eigenvalue weighted by Crippen LogP contribution is -2.11. The molecule has 0 spiro atoms. The molecule has 0 heterocycles. The summed E-state index contributed by atoms with van der Waals surface area (Å²) in [5.74, 6) is 0.583. The van der Waals surface area contributed by atoms with Gasteiger partial charge in [0.2, 0.25) is 0 Å². The predicted molar refractivity (Wildman–Crippen MR) is 109 cm³/mol. The minimum atomic E-state index is -0.338.